The number of aliphatic carboxylic acids is 1. The smallest absolute Gasteiger partial charge is 0.326 e. The van der Waals surface area contributed by atoms with Gasteiger partial charge in [-0.2, -0.15) is 0 Å². The summed E-state index contributed by atoms with van der Waals surface area (Å²) in [6.07, 6.45) is 1.87. The Kier molecular flexibility index (Phi) is 3.97. The van der Waals surface area contributed by atoms with Gasteiger partial charge in [0.1, 0.15) is 11.7 Å². The van der Waals surface area contributed by atoms with Crippen LogP contribution in [0, 0.1) is 0 Å². The molecular formula is C14H14N2O3. The summed E-state index contributed by atoms with van der Waals surface area (Å²) in [5.41, 5.74) is 1.21. The number of hydrogen-bond acceptors (Lipinski definition) is 2. The average molecular weight is 258 g/mol. The zero-order chi connectivity index (χ0) is 13.7. The van der Waals surface area contributed by atoms with E-state index >= 15 is 0 Å². The third-order valence-electron chi connectivity index (χ3n) is 2.73. The van der Waals surface area contributed by atoms with Crippen LogP contribution in [0.3, 0.4) is 0 Å². The lowest BCUT2D eigenvalue weighted by molar-refractivity contribution is -0.139. The van der Waals surface area contributed by atoms with Crippen molar-refractivity contribution in [2.45, 2.75) is 12.5 Å². The van der Waals surface area contributed by atoms with Crippen LogP contribution >= 0.6 is 0 Å². The van der Waals surface area contributed by atoms with Crippen molar-refractivity contribution in [1.82, 2.24) is 10.3 Å². The van der Waals surface area contributed by atoms with Crippen molar-refractivity contribution < 1.29 is 14.7 Å². The minimum atomic E-state index is -1.05. The number of H-pyrrole nitrogens is 1. The first-order valence-electron chi connectivity index (χ1n) is 5.88. The second kappa shape index (κ2) is 5.86. The molecule has 0 aliphatic heterocycles. The molecule has 0 aliphatic carbocycles. The van der Waals surface area contributed by atoms with Crippen LogP contribution in [0.5, 0.6) is 0 Å². The minimum absolute atomic E-state index is 0.253. The Hall–Kier alpha value is -2.56. The third-order valence-corrected chi connectivity index (χ3v) is 2.73. The van der Waals surface area contributed by atoms with Crippen LogP contribution in [0.15, 0.2) is 48.7 Å². The van der Waals surface area contributed by atoms with Gasteiger partial charge in [0.15, 0.2) is 0 Å². The summed E-state index contributed by atoms with van der Waals surface area (Å²) in [5.74, 6) is -1.47. The number of carbonyl (C=O) groups is 2. The molecule has 19 heavy (non-hydrogen) atoms. The number of carboxylic acids is 1. The molecule has 0 fully saturated rings. The number of rotatable bonds is 5. The molecule has 5 heteroatoms. The van der Waals surface area contributed by atoms with Crippen molar-refractivity contribution >= 4 is 11.9 Å². The standard InChI is InChI=1S/C14H14N2O3/c17-13(11-7-4-8-15-11)16-12(14(18)19)9-10-5-2-1-3-6-10/h1-8,12,15H,9H2,(H,16,17)(H,18,19). The molecule has 0 aliphatic rings. The Morgan fingerprint density at radius 1 is 1.16 bits per heavy atom. The molecule has 0 spiro atoms. The maximum atomic E-state index is 11.8. The molecule has 98 valence electrons. The first-order valence-corrected chi connectivity index (χ1v) is 5.88. The topological polar surface area (TPSA) is 82.2 Å². The molecule has 2 aromatic rings. The van der Waals surface area contributed by atoms with E-state index in [0.29, 0.717) is 5.69 Å². The Morgan fingerprint density at radius 3 is 2.47 bits per heavy atom. The molecule has 5 nitrogen and oxygen atoms in total. The first kappa shape index (κ1) is 12.9. The molecule has 1 atom stereocenters. The van der Waals surface area contributed by atoms with Crippen LogP contribution in [0.4, 0.5) is 0 Å². The maximum absolute atomic E-state index is 11.8. The third kappa shape index (κ3) is 3.45. The molecular weight excluding hydrogens is 244 g/mol. The molecule has 0 radical (unpaired) electrons. The van der Waals surface area contributed by atoms with Crippen LogP contribution in [0.1, 0.15) is 16.1 Å². The van der Waals surface area contributed by atoms with Gasteiger partial charge in [0, 0.05) is 12.6 Å². The van der Waals surface area contributed by atoms with E-state index in [1.165, 1.54) is 0 Å². The van der Waals surface area contributed by atoms with Gasteiger partial charge in [0.05, 0.1) is 0 Å². The Balaban J connectivity index is 2.05. The van der Waals surface area contributed by atoms with Gasteiger partial charge in [-0.1, -0.05) is 30.3 Å². The predicted molar refractivity (Wildman–Crippen MR) is 69.8 cm³/mol. The molecule has 1 aromatic carbocycles. The first-order chi connectivity index (χ1) is 9.16. The van der Waals surface area contributed by atoms with Gasteiger partial charge in [0.25, 0.3) is 5.91 Å². The maximum Gasteiger partial charge on any atom is 0.326 e. The summed E-state index contributed by atoms with van der Waals surface area (Å²) in [5, 5.41) is 11.7. The lowest BCUT2D eigenvalue weighted by atomic mass is 10.1. The fraction of sp³-hybridized carbons (Fsp3) is 0.143. The van der Waals surface area contributed by atoms with E-state index in [2.05, 4.69) is 10.3 Å². The average Bonchev–Trinajstić information content (AvgIpc) is 2.93. The quantitative estimate of drug-likeness (QED) is 0.759. The van der Waals surface area contributed by atoms with E-state index in [1.807, 2.05) is 30.3 Å². The van der Waals surface area contributed by atoms with Crippen molar-refractivity contribution in [3.8, 4) is 0 Å². The number of nitrogens with one attached hydrogen (secondary N) is 2. The number of amides is 1. The van der Waals surface area contributed by atoms with E-state index in [1.54, 1.807) is 18.3 Å². The van der Waals surface area contributed by atoms with Gasteiger partial charge in [-0.3, -0.25) is 4.79 Å². The highest BCUT2D eigenvalue weighted by molar-refractivity contribution is 5.95. The fourth-order valence-corrected chi connectivity index (χ4v) is 1.76. The lowest BCUT2D eigenvalue weighted by Gasteiger charge is -2.14. The van der Waals surface area contributed by atoms with Gasteiger partial charge in [0.2, 0.25) is 0 Å². The highest BCUT2D eigenvalue weighted by Gasteiger charge is 2.21. The molecule has 1 amide bonds. The molecule has 2 rings (SSSR count). The monoisotopic (exact) mass is 258 g/mol. The van der Waals surface area contributed by atoms with Gasteiger partial charge in [-0.25, -0.2) is 4.79 Å². The summed E-state index contributed by atoms with van der Waals surface area (Å²) >= 11 is 0. The molecule has 3 N–H and O–H groups in total. The molecule has 0 saturated carbocycles. The van der Waals surface area contributed by atoms with Crippen LogP contribution in [0.2, 0.25) is 0 Å². The molecule has 0 saturated heterocycles. The lowest BCUT2D eigenvalue weighted by Crippen LogP contribution is -2.42. The summed E-state index contributed by atoms with van der Waals surface area (Å²) in [4.78, 5) is 25.7. The van der Waals surface area contributed by atoms with Gasteiger partial charge in [-0.15, -0.1) is 0 Å². The van der Waals surface area contributed by atoms with E-state index in [-0.39, 0.29) is 6.42 Å². The van der Waals surface area contributed by atoms with Crippen molar-refractivity contribution in [1.29, 1.82) is 0 Å². The largest absolute Gasteiger partial charge is 0.480 e. The molecule has 1 unspecified atom stereocenters. The second-order valence-corrected chi connectivity index (χ2v) is 4.14. The number of aromatic amines is 1. The SMILES string of the molecule is O=C(NC(Cc1ccccc1)C(=O)O)c1ccc[nH]1. The van der Waals surface area contributed by atoms with Crippen molar-refractivity contribution in [2.24, 2.45) is 0 Å². The van der Waals surface area contributed by atoms with Crippen LogP contribution < -0.4 is 5.32 Å². The fourth-order valence-electron chi connectivity index (χ4n) is 1.76. The van der Waals surface area contributed by atoms with E-state index in [4.69, 9.17) is 5.11 Å². The van der Waals surface area contributed by atoms with E-state index < -0.39 is 17.9 Å². The van der Waals surface area contributed by atoms with E-state index in [9.17, 15) is 9.59 Å². The van der Waals surface area contributed by atoms with Gasteiger partial charge < -0.3 is 15.4 Å². The van der Waals surface area contributed by atoms with Gasteiger partial charge in [-0.05, 0) is 17.7 Å². The zero-order valence-corrected chi connectivity index (χ0v) is 10.2. The highest BCUT2D eigenvalue weighted by atomic mass is 16.4. The molecule has 1 aromatic heterocycles. The summed E-state index contributed by atoms with van der Waals surface area (Å²) in [7, 11) is 0. The van der Waals surface area contributed by atoms with Crippen molar-refractivity contribution in [3.63, 3.8) is 0 Å². The Bertz CT molecular complexity index is 549. The van der Waals surface area contributed by atoms with Crippen molar-refractivity contribution in [2.75, 3.05) is 0 Å². The number of carboxylic acid groups (broad SMARTS) is 1. The van der Waals surface area contributed by atoms with Crippen LogP contribution in [-0.4, -0.2) is 28.0 Å². The number of carbonyl (C=O) groups excluding carboxylic acids is 1. The number of hydrogen-bond donors (Lipinski definition) is 3. The molecule has 1 heterocycles. The van der Waals surface area contributed by atoms with Gasteiger partial charge >= 0.3 is 5.97 Å². The Labute approximate surface area is 110 Å². The summed E-state index contributed by atoms with van der Waals surface area (Å²) in [6, 6.07) is 11.5. The van der Waals surface area contributed by atoms with Crippen molar-refractivity contribution in [3.05, 3.63) is 59.9 Å². The second-order valence-electron chi connectivity index (χ2n) is 4.14. The highest BCUT2D eigenvalue weighted by Crippen LogP contribution is 2.04. The van der Waals surface area contributed by atoms with Crippen LogP contribution in [-0.2, 0) is 11.2 Å². The summed E-state index contributed by atoms with van der Waals surface area (Å²) < 4.78 is 0. The number of aromatic nitrogens is 1. The number of benzene rings is 1. The minimum Gasteiger partial charge on any atom is -0.480 e. The predicted octanol–water partition coefficient (Wildman–Crippen LogP) is 1.44. The Morgan fingerprint density at radius 2 is 1.89 bits per heavy atom. The summed E-state index contributed by atoms with van der Waals surface area (Å²) in [6.45, 7) is 0. The molecule has 0 bridgehead atoms. The normalized spacial score (nSPS) is 11.8. The zero-order valence-electron chi connectivity index (χ0n) is 10.2. The van der Waals surface area contributed by atoms with E-state index in [0.717, 1.165) is 5.56 Å². The van der Waals surface area contributed by atoms with Crippen LogP contribution in [0.25, 0.3) is 0 Å².